The van der Waals surface area contributed by atoms with E-state index in [1.807, 2.05) is 35.1 Å². The van der Waals surface area contributed by atoms with Crippen LogP contribution in [-0.4, -0.2) is 20.4 Å². The molecular formula is C15H16N2O3S. The summed E-state index contributed by atoms with van der Waals surface area (Å²) in [6.45, 7) is 0. The lowest BCUT2D eigenvalue weighted by atomic mass is 10.1. The van der Waals surface area contributed by atoms with Crippen LogP contribution in [0.3, 0.4) is 0 Å². The molecule has 2 aromatic carbocycles. The number of hydrogen-bond acceptors (Lipinski definition) is 4. The van der Waals surface area contributed by atoms with Crippen LogP contribution in [-0.2, 0) is 21.2 Å². The van der Waals surface area contributed by atoms with Crippen molar-refractivity contribution in [2.24, 2.45) is 5.73 Å². The molecule has 0 radical (unpaired) electrons. The third-order valence-corrected chi connectivity index (χ3v) is 4.29. The quantitative estimate of drug-likeness (QED) is 0.864. The van der Waals surface area contributed by atoms with Gasteiger partial charge in [-0.2, -0.15) is 0 Å². The molecule has 5 nitrogen and oxygen atoms in total. The Bertz CT molecular complexity index is 700. The number of nitrogens with two attached hydrogens (primary N) is 1. The van der Waals surface area contributed by atoms with Gasteiger partial charge in [0.25, 0.3) is 15.9 Å². The first-order valence-corrected chi connectivity index (χ1v) is 7.88. The molecule has 0 saturated carbocycles. The van der Waals surface area contributed by atoms with E-state index in [1.165, 1.54) is 12.1 Å². The largest absolute Gasteiger partial charge is 0.320 e. The van der Waals surface area contributed by atoms with E-state index >= 15 is 0 Å². The number of nitrogens with one attached hydrogen (secondary N) is 1. The van der Waals surface area contributed by atoms with Gasteiger partial charge in [0.15, 0.2) is 0 Å². The molecular weight excluding hydrogens is 288 g/mol. The zero-order chi connectivity index (χ0) is 15.3. The third-order valence-electron chi connectivity index (χ3n) is 2.92. The highest BCUT2D eigenvalue weighted by Gasteiger charge is 2.21. The average molecular weight is 304 g/mol. The van der Waals surface area contributed by atoms with Crippen LogP contribution < -0.4 is 10.5 Å². The summed E-state index contributed by atoms with van der Waals surface area (Å²) in [5.74, 6) is -0.720. The van der Waals surface area contributed by atoms with Crippen LogP contribution in [0, 0.1) is 0 Å². The highest BCUT2D eigenvalue weighted by molar-refractivity contribution is 7.90. The van der Waals surface area contributed by atoms with Crippen molar-refractivity contribution in [3.63, 3.8) is 0 Å². The fourth-order valence-electron chi connectivity index (χ4n) is 1.83. The van der Waals surface area contributed by atoms with E-state index in [-0.39, 0.29) is 11.3 Å². The van der Waals surface area contributed by atoms with Gasteiger partial charge < -0.3 is 5.73 Å². The van der Waals surface area contributed by atoms with Gasteiger partial charge in [0.05, 0.1) is 10.9 Å². The highest BCUT2D eigenvalue weighted by Crippen LogP contribution is 2.08. The number of rotatable bonds is 5. The Morgan fingerprint density at radius 2 is 1.52 bits per heavy atom. The maximum Gasteiger partial charge on any atom is 0.264 e. The van der Waals surface area contributed by atoms with Crippen LogP contribution in [0.4, 0.5) is 0 Å². The summed E-state index contributed by atoms with van der Waals surface area (Å²) in [6.07, 6.45) is 0.275. The highest BCUT2D eigenvalue weighted by atomic mass is 32.2. The Hall–Kier alpha value is -2.18. The Balaban J connectivity index is 2.04. The van der Waals surface area contributed by atoms with Crippen molar-refractivity contribution in [3.05, 3.63) is 66.2 Å². The Morgan fingerprint density at radius 3 is 2.10 bits per heavy atom. The molecule has 21 heavy (non-hydrogen) atoms. The van der Waals surface area contributed by atoms with Gasteiger partial charge >= 0.3 is 0 Å². The van der Waals surface area contributed by atoms with Crippen LogP contribution in [0.15, 0.2) is 65.6 Å². The van der Waals surface area contributed by atoms with Crippen LogP contribution >= 0.6 is 0 Å². The van der Waals surface area contributed by atoms with Crippen molar-refractivity contribution in [1.29, 1.82) is 0 Å². The number of sulfonamides is 1. The maximum atomic E-state index is 12.0. The minimum atomic E-state index is -3.88. The topological polar surface area (TPSA) is 89.3 Å². The van der Waals surface area contributed by atoms with Gasteiger partial charge in [0.2, 0.25) is 0 Å². The molecule has 0 bridgehead atoms. The maximum absolute atomic E-state index is 12.0. The summed E-state index contributed by atoms with van der Waals surface area (Å²) in [5.41, 5.74) is 6.63. The SMILES string of the molecule is N[C@@H](Cc1ccccc1)C(=O)NS(=O)(=O)c1ccccc1. The van der Waals surface area contributed by atoms with Gasteiger partial charge in [-0.1, -0.05) is 48.5 Å². The van der Waals surface area contributed by atoms with Crippen molar-refractivity contribution >= 4 is 15.9 Å². The van der Waals surface area contributed by atoms with Gasteiger partial charge in [-0.3, -0.25) is 4.79 Å². The Labute approximate surface area is 123 Å². The number of carbonyl (C=O) groups excluding carboxylic acids is 1. The van der Waals surface area contributed by atoms with E-state index in [1.54, 1.807) is 18.2 Å². The number of hydrogen-bond donors (Lipinski definition) is 2. The van der Waals surface area contributed by atoms with E-state index < -0.39 is 22.0 Å². The molecule has 6 heteroatoms. The first kappa shape index (κ1) is 15.2. The number of amides is 1. The molecule has 0 heterocycles. The van der Waals surface area contributed by atoms with E-state index in [4.69, 9.17) is 5.73 Å². The summed E-state index contributed by atoms with van der Waals surface area (Å²) in [4.78, 5) is 12.0. The zero-order valence-electron chi connectivity index (χ0n) is 11.3. The second-order valence-corrected chi connectivity index (χ2v) is 6.26. The van der Waals surface area contributed by atoms with Gasteiger partial charge in [-0.05, 0) is 24.1 Å². The number of carbonyl (C=O) groups is 1. The monoisotopic (exact) mass is 304 g/mol. The van der Waals surface area contributed by atoms with Crippen molar-refractivity contribution in [1.82, 2.24) is 4.72 Å². The molecule has 110 valence electrons. The fraction of sp³-hybridized carbons (Fsp3) is 0.133. The van der Waals surface area contributed by atoms with E-state index in [0.717, 1.165) is 5.56 Å². The lowest BCUT2D eigenvalue weighted by molar-refractivity contribution is -0.120. The zero-order valence-corrected chi connectivity index (χ0v) is 12.1. The molecule has 0 aliphatic carbocycles. The molecule has 0 aliphatic heterocycles. The molecule has 0 fully saturated rings. The molecule has 2 aromatic rings. The molecule has 0 saturated heterocycles. The minimum absolute atomic E-state index is 0.0326. The van der Waals surface area contributed by atoms with E-state index in [0.29, 0.717) is 0 Å². The lowest BCUT2D eigenvalue weighted by Gasteiger charge is -2.12. The van der Waals surface area contributed by atoms with Crippen LogP contribution in [0.5, 0.6) is 0 Å². The summed E-state index contributed by atoms with van der Waals surface area (Å²) in [7, 11) is -3.88. The summed E-state index contributed by atoms with van der Waals surface area (Å²) >= 11 is 0. The molecule has 3 N–H and O–H groups in total. The van der Waals surface area contributed by atoms with Crippen LogP contribution in [0.2, 0.25) is 0 Å². The lowest BCUT2D eigenvalue weighted by Crippen LogP contribution is -2.44. The minimum Gasteiger partial charge on any atom is -0.320 e. The van der Waals surface area contributed by atoms with Crippen molar-refractivity contribution < 1.29 is 13.2 Å². The first-order valence-electron chi connectivity index (χ1n) is 6.40. The molecule has 0 spiro atoms. The number of benzene rings is 2. The van der Waals surface area contributed by atoms with Gasteiger partial charge in [-0.15, -0.1) is 0 Å². The van der Waals surface area contributed by atoms with Gasteiger partial charge in [0.1, 0.15) is 0 Å². The first-order chi connectivity index (χ1) is 9.99. The molecule has 0 unspecified atom stereocenters. The van der Waals surface area contributed by atoms with Gasteiger partial charge in [0, 0.05) is 0 Å². The molecule has 0 aliphatic rings. The van der Waals surface area contributed by atoms with Crippen molar-refractivity contribution in [2.45, 2.75) is 17.4 Å². The standard InChI is InChI=1S/C15H16N2O3S/c16-14(11-12-7-3-1-4-8-12)15(18)17-21(19,20)13-9-5-2-6-10-13/h1-10,14H,11,16H2,(H,17,18)/t14-/m0/s1. The van der Waals surface area contributed by atoms with E-state index in [2.05, 4.69) is 0 Å². The van der Waals surface area contributed by atoms with Crippen LogP contribution in [0.1, 0.15) is 5.56 Å². The second kappa shape index (κ2) is 6.51. The average Bonchev–Trinajstić information content (AvgIpc) is 2.48. The normalized spacial score (nSPS) is 12.6. The smallest absolute Gasteiger partial charge is 0.264 e. The summed E-state index contributed by atoms with van der Waals surface area (Å²) in [6, 6.07) is 16.0. The fourth-order valence-corrected chi connectivity index (χ4v) is 2.88. The summed E-state index contributed by atoms with van der Waals surface area (Å²) in [5, 5.41) is 0. The molecule has 2 rings (SSSR count). The molecule has 0 aromatic heterocycles. The van der Waals surface area contributed by atoms with E-state index in [9.17, 15) is 13.2 Å². The van der Waals surface area contributed by atoms with Crippen molar-refractivity contribution in [3.8, 4) is 0 Å². The molecule has 1 atom stereocenters. The Kier molecular flexibility index (Phi) is 4.72. The molecule has 1 amide bonds. The summed E-state index contributed by atoms with van der Waals surface area (Å²) < 4.78 is 26.0. The predicted octanol–water partition coefficient (Wildman–Crippen LogP) is 1.06. The van der Waals surface area contributed by atoms with Gasteiger partial charge in [-0.25, -0.2) is 13.1 Å². The third kappa shape index (κ3) is 4.14. The predicted molar refractivity (Wildman–Crippen MR) is 79.9 cm³/mol. The van der Waals surface area contributed by atoms with Crippen LogP contribution in [0.25, 0.3) is 0 Å². The second-order valence-electron chi connectivity index (χ2n) is 4.58. The van der Waals surface area contributed by atoms with Crippen molar-refractivity contribution in [2.75, 3.05) is 0 Å². The Morgan fingerprint density at radius 1 is 1.00 bits per heavy atom.